The summed E-state index contributed by atoms with van der Waals surface area (Å²) in [6.07, 6.45) is 0.912. The Morgan fingerprint density at radius 1 is 1.45 bits per heavy atom. The highest BCUT2D eigenvalue weighted by molar-refractivity contribution is 9.10. The average molecular weight is 344 g/mol. The van der Waals surface area contributed by atoms with Crippen LogP contribution >= 0.6 is 15.9 Å². The molecular formula is C15H22BrNO3. The number of hydrogen-bond acceptors (Lipinski definition) is 4. The molecule has 0 amide bonds. The van der Waals surface area contributed by atoms with Crippen LogP contribution in [0.15, 0.2) is 28.7 Å². The maximum atomic E-state index is 9.88. The van der Waals surface area contributed by atoms with Crippen LogP contribution in [0.5, 0.6) is 5.75 Å². The van der Waals surface area contributed by atoms with Crippen LogP contribution in [0, 0.1) is 5.92 Å². The summed E-state index contributed by atoms with van der Waals surface area (Å²) in [5, 5.41) is 13.2. The van der Waals surface area contributed by atoms with Crippen molar-refractivity contribution in [2.75, 3.05) is 26.3 Å². The average Bonchev–Trinajstić information content (AvgIpc) is 2.84. The minimum atomic E-state index is -0.503. The van der Waals surface area contributed by atoms with Gasteiger partial charge in [-0.1, -0.05) is 15.9 Å². The second kappa shape index (κ2) is 7.98. The number of ether oxygens (including phenoxy) is 2. The molecule has 0 saturated carbocycles. The van der Waals surface area contributed by atoms with Gasteiger partial charge in [0, 0.05) is 24.2 Å². The van der Waals surface area contributed by atoms with Crippen LogP contribution in [0.2, 0.25) is 0 Å². The summed E-state index contributed by atoms with van der Waals surface area (Å²) in [5.41, 5.74) is 0. The molecule has 20 heavy (non-hydrogen) atoms. The molecule has 2 rings (SSSR count). The molecule has 5 heteroatoms. The molecule has 1 aliphatic heterocycles. The minimum Gasteiger partial charge on any atom is -0.491 e. The number of aliphatic hydroxyl groups excluding tert-OH is 1. The third-order valence-corrected chi connectivity index (χ3v) is 4.10. The van der Waals surface area contributed by atoms with Gasteiger partial charge in [-0.25, -0.2) is 0 Å². The van der Waals surface area contributed by atoms with Gasteiger partial charge >= 0.3 is 0 Å². The number of hydrogen-bond donors (Lipinski definition) is 2. The second-order valence-electron chi connectivity index (χ2n) is 5.20. The van der Waals surface area contributed by atoms with E-state index in [1.54, 1.807) is 0 Å². The first-order valence-corrected chi connectivity index (χ1v) is 7.83. The highest BCUT2D eigenvalue weighted by atomic mass is 79.9. The lowest BCUT2D eigenvalue weighted by Gasteiger charge is -2.17. The van der Waals surface area contributed by atoms with E-state index in [0.29, 0.717) is 25.2 Å². The van der Waals surface area contributed by atoms with Gasteiger partial charge in [0.25, 0.3) is 0 Å². The van der Waals surface area contributed by atoms with E-state index in [2.05, 4.69) is 28.2 Å². The van der Waals surface area contributed by atoms with E-state index in [1.165, 1.54) is 0 Å². The number of rotatable bonds is 7. The molecule has 0 aromatic heterocycles. The first-order chi connectivity index (χ1) is 9.65. The van der Waals surface area contributed by atoms with Gasteiger partial charge in [-0.3, -0.25) is 0 Å². The topological polar surface area (TPSA) is 50.7 Å². The molecule has 0 aliphatic carbocycles. The van der Waals surface area contributed by atoms with Crippen LogP contribution in [0.3, 0.4) is 0 Å². The Morgan fingerprint density at radius 3 is 2.85 bits per heavy atom. The van der Waals surface area contributed by atoms with Gasteiger partial charge in [0.1, 0.15) is 18.5 Å². The molecule has 4 nitrogen and oxygen atoms in total. The monoisotopic (exact) mass is 343 g/mol. The maximum Gasteiger partial charge on any atom is 0.119 e. The van der Waals surface area contributed by atoms with Gasteiger partial charge in [0.05, 0.1) is 6.10 Å². The Bertz CT molecular complexity index is 399. The molecule has 1 heterocycles. The van der Waals surface area contributed by atoms with E-state index in [4.69, 9.17) is 9.47 Å². The van der Waals surface area contributed by atoms with Crippen molar-refractivity contribution in [2.45, 2.75) is 25.6 Å². The minimum absolute atomic E-state index is 0.297. The van der Waals surface area contributed by atoms with Crippen LogP contribution in [0.25, 0.3) is 0 Å². The summed E-state index contributed by atoms with van der Waals surface area (Å²) in [7, 11) is 0. The van der Waals surface area contributed by atoms with E-state index in [0.717, 1.165) is 29.8 Å². The molecule has 2 N–H and O–H groups in total. The fourth-order valence-electron chi connectivity index (χ4n) is 2.26. The number of aliphatic hydroxyl groups is 1. The molecule has 0 bridgehead atoms. The Kier molecular flexibility index (Phi) is 6.29. The molecule has 1 saturated heterocycles. The van der Waals surface area contributed by atoms with Crippen molar-refractivity contribution in [3.63, 3.8) is 0 Å². The van der Waals surface area contributed by atoms with Crippen molar-refractivity contribution < 1.29 is 14.6 Å². The van der Waals surface area contributed by atoms with Crippen molar-refractivity contribution in [3.8, 4) is 5.75 Å². The van der Waals surface area contributed by atoms with E-state index in [1.807, 2.05) is 24.3 Å². The summed E-state index contributed by atoms with van der Waals surface area (Å²) in [6.45, 7) is 4.68. The van der Waals surface area contributed by atoms with Crippen molar-refractivity contribution in [3.05, 3.63) is 28.7 Å². The summed E-state index contributed by atoms with van der Waals surface area (Å²) >= 11 is 3.37. The fourth-order valence-corrected chi connectivity index (χ4v) is 2.53. The zero-order valence-electron chi connectivity index (χ0n) is 11.7. The summed E-state index contributed by atoms with van der Waals surface area (Å²) < 4.78 is 12.1. The van der Waals surface area contributed by atoms with E-state index in [9.17, 15) is 5.11 Å². The standard InChI is InChI=1S/C15H22BrNO3/c1-11-12(6-7-19-11)8-17-9-14(18)10-20-15-4-2-13(16)3-5-15/h2-5,11-12,14,17-18H,6-10H2,1H3. The van der Waals surface area contributed by atoms with Crippen molar-refractivity contribution >= 4 is 15.9 Å². The van der Waals surface area contributed by atoms with Crippen LogP contribution in [-0.2, 0) is 4.74 Å². The lowest BCUT2D eigenvalue weighted by atomic mass is 10.0. The lowest BCUT2D eigenvalue weighted by Crippen LogP contribution is -2.35. The van der Waals surface area contributed by atoms with Gasteiger partial charge in [-0.2, -0.15) is 0 Å². The molecule has 1 aromatic rings. The van der Waals surface area contributed by atoms with Crippen LogP contribution in [0.4, 0.5) is 0 Å². The van der Waals surface area contributed by atoms with Gasteiger partial charge in [0.2, 0.25) is 0 Å². The van der Waals surface area contributed by atoms with Crippen LogP contribution in [0.1, 0.15) is 13.3 Å². The summed E-state index contributed by atoms with van der Waals surface area (Å²) in [6, 6.07) is 7.59. The molecule has 3 atom stereocenters. The molecule has 1 fully saturated rings. The molecule has 1 aromatic carbocycles. The Balaban J connectivity index is 1.60. The Labute approximate surface area is 128 Å². The molecule has 3 unspecified atom stereocenters. The van der Waals surface area contributed by atoms with Gasteiger partial charge in [0.15, 0.2) is 0 Å². The first-order valence-electron chi connectivity index (χ1n) is 7.04. The van der Waals surface area contributed by atoms with E-state index >= 15 is 0 Å². The van der Waals surface area contributed by atoms with Crippen molar-refractivity contribution in [1.82, 2.24) is 5.32 Å². The van der Waals surface area contributed by atoms with Gasteiger partial charge < -0.3 is 19.9 Å². The normalized spacial score (nSPS) is 23.8. The lowest BCUT2D eigenvalue weighted by molar-refractivity contribution is 0.0946. The summed E-state index contributed by atoms with van der Waals surface area (Å²) in [4.78, 5) is 0. The number of benzene rings is 1. The predicted molar refractivity (Wildman–Crippen MR) is 82.0 cm³/mol. The van der Waals surface area contributed by atoms with E-state index in [-0.39, 0.29) is 0 Å². The first kappa shape index (κ1) is 15.8. The highest BCUT2D eigenvalue weighted by Crippen LogP contribution is 2.19. The van der Waals surface area contributed by atoms with Crippen molar-refractivity contribution in [1.29, 1.82) is 0 Å². The molecule has 112 valence electrons. The Hall–Kier alpha value is -0.620. The quantitative estimate of drug-likeness (QED) is 0.796. The maximum absolute atomic E-state index is 9.88. The third-order valence-electron chi connectivity index (χ3n) is 3.58. The molecule has 0 spiro atoms. The second-order valence-corrected chi connectivity index (χ2v) is 6.12. The zero-order chi connectivity index (χ0) is 14.4. The zero-order valence-corrected chi connectivity index (χ0v) is 13.3. The van der Waals surface area contributed by atoms with E-state index < -0.39 is 6.10 Å². The van der Waals surface area contributed by atoms with Gasteiger partial charge in [-0.15, -0.1) is 0 Å². The number of halogens is 1. The summed E-state index contributed by atoms with van der Waals surface area (Å²) in [5.74, 6) is 1.32. The number of nitrogens with one attached hydrogen (secondary N) is 1. The smallest absolute Gasteiger partial charge is 0.119 e. The largest absolute Gasteiger partial charge is 0.491 e. The van der Waals surface area contributed by atoms with Crippen molar-refractivity contribution in [2.24, 2.45) is 5.92 Å². The third kappa shape index (κ3) is 5.05. The molecule has 0 radical (unpaired) electrons. The predicted octanol–water partition coefficient (Wildman–Crippen LogP) is 2.20. The highest BCUT2D eigenvalue weighted by Gasteiger charge is 2.23. The molecule has 1 aliphatic rings. The SMILES string of the molecule is CC1OCCC1CNCC(O)COc1ccc(Br)cc1. The van der Waals surface area contributed by atoms with Crippen LogP contribution in [-0.4, -0.2) is 43.6 Å². The molecular weight excluding hydrogens is 322 g/mol. The van der Waals surface area contributed by atoms with Crippen LogP contribution < -0.4 is 10.1 Å². The Morgan fingerprint density at radius 2 is 2.20 bits per heavy atom. The fraction of sp³-hybridized carbons (Fsp3) is 0.600. The van der Waals surface area contributed by atoms with Gasteiger partial charge in [-0.05, 0) is 43.5 Å².